The first-order valence-electron chi connectivity index (χ1n) is 6.68. The maximum atomic E-state index is 12.7. The Labute approximate surface area is 144 Å². The van der Waals surface area contributed by atoms with Crippen molar-refractivity contribution < 1.29 is 17.9 Å². The highest BCUT2D eigenvalue weighted by Crippen LogP contribution is 2.28. The number of nitrogens with zero attached hydrogens (tertiary/aromatic N) is 2. The molecule has 0 aliphatic rings. The molecule has 2 aromatic rings. The number of rotatable bonds is 4. The standard InChI is InChI=1S/C16H13ClN2O4S/c1-19(13-5-3-4-11(8-13)10-18)24(21,22)15-7-6-12(9-14(15)17)16(20)23-2/h3-9H,1-2H3. The van der Waals surface area contributed by atoms with Crippen molar-refractivity contribution in [2.75, 3.05) is 18.5 Å². The lowest BCUT2D eigenvalue weighted by Crippen LogP contribution is -2.27. The van der Waals surface area contributed by atoms with E-state index in [1.54, 1.807) is 18.2 Å². The number of hydrogen-bond acceptors (Lipinski definition) is 5. The molecule has 0 heterocycles. The largest absolute Gasteiger partial charge is 0.465 e. The molecule has 0 saturated carbocycles. The van der Waals surface area contributed by atoms with Crippen molar-refractivity contribution >= 4 is 33.3 Å². The minimum atomic E-state index is -3.96. The average molecular weight is 365 g/mol. The van der Waals surface area contributed by atoms with E-state index in [1.165, 1.54) is 38.4 Å². The molecular formula is C16H13ClN2O4S. The van der Waals surface area contributed by atoms with Gasteiger partial charge in [-0.15, -0.1) is 0 Å². The van der Waals surface area contributed by atoms with E-state index in [0.29, 0.717) is 11.3 Å². The fraction of sp³-hybridized carbons (Fsp3) is 0.125. The van der Waals surface area contributed by atoms with Crippen LogP contribution in [0.4, 0.5) is 5.69 Å². The monoisotopic (exact) mass is 364 g/mol. The lowest BCUT2D eigenvalue weighted by molar-refractivity contribution is 0.0600. The number of carbonyl (C=O) groups is 1. The highest BCUT2D eigenvalue weighted by atomic mass is 35.5. The Balaban J connectivity index is 2.46. The molecule has 0 bridgehead atoms. The van der Waals surface area contributed by atoms with Gasteiger partial charge in [0.2, 0.25) is 0 Å². The van der Waals surface area contributed by atoms with Gasteiger partial charge in [-0.3, -0.25) is 4.31 Å². The number of ether oxygens (including phenoxy) is 1. The van der Waals surface area contributed by atoms with Crippen molar-refractivity contribution in [3.05, 3.63) is 58.6 Å². The summed E-state index contributed by atoms with van der Waals surface area (Å²) in [6.45, 7) is 0. The minimum Gasteiger partial charge on any atom is -0.465 e. The number of nitriles is 1. The van der Waals surface area contributed by atoms with Crippen LogP contribution in [0.15, 0.2) is 47.4 Å². The minimum absolute atomic E-state index is 0.0961. The van der Waals surface area contributed by atoms with E-state index >= 15 is 0 Å². The Kier molecular flexibility index (Phi) is 5.12. The van der Waals surface area contributed by atoms with Crippen molar-refractivity contribution in [3.8, 4) is 6.07 Å². The highest BCUT2D eigenvalue weighted by molar-refractivity contribution is 7.93. The highest BCUT2D eigenvalue weighted by Gasteiger charge is 2.25. The SMILES string of the molecule is COC(=O)c1ccc(S(=O)(=O)N(C)c2cccc(C#N)c2)c(Cl)c1. The van der Waals surface area contributed by atoms with Gasteiger partial charge in [0.15, 0.2) is 0 Å². The molecule has 124 valence electrons. The summed E-state index contributed by atoms with van der Waals surface area (Å²) in [6, 6.07) is 11.9. The molecule has 0 spiro atoms. The third kappa shape index (κ3) is 3.35. The van der Waals surface area contributed by atoms with E-state index in [-0.39, 0.29) is 15.5 Å². The Bertz CT molecular complexity index is 935. The quantitative estimate of drug-likeness (QED) is 0.778. The maximum Gasteiger partial charge on any atom is 0.337 e. The Morgan fingerprint density at radius 2 is 1.96 bits per heavy atom. The first-order valence-corrected chi connectivity index (χ1v) is 8.50. The first kappa shape index (κ1) is 17.8. The number of esters is 1. The molecule has 2 aromatic carbocycles. The zero-order valence-corrected chi connectivity index (χ0v) is 14.4. The molecule has 0 radical (unpaired) electrons. The third-order valence-corrected chi connectivity index (χ3v) is 5.60. The summed E-state index contributed by atoms with van der Waals surface area (Å²) in [7, 11) is -1.38. The number of halogens is 1. The van der Waals surface area contributed by atoms with E-state index in [4.69, 9.17) is 16.9 Å². The summed E-state index contributed by atoms with van der Waals surface area (Å²) < 4.78 is 31.1. The zero-order valence-electron chi connectivity index (χ0n) is 12.9. The Hall–Kier alpha value is -2.56. The fourth-order valence-corrected chi connectivity index (χ4v) is 3.72. The molecule has 0 aromatic heterocycles. The van der Waals surface area contributed by atoms with Gasteiger partial charge in [-0.1, -0.05) is 17.7 Å². The van der Waals surface area contributed by atoms with Crippen LogP contribution in [0, 0.1) is 11.3 Å². The van der Waals surface area contributed by atoms with Gasteiger partial charge < -0.3 is 4.74 Å². The normalized spacial score (nSPS) is 10.8. The predicted molar refractivity (Wildman–Crippen MR) is 89.5 cm³/mol. The van der Waals surface area contributed by atoms with Gasteiger partial charge in [0.1, 0.15) is 4.90 Å². The van der Waals surface area contributed by atoms with Gasteiger partial charge in [-0.25, -0.2) is 13.2 Å². The zero-order chi connectivity index (χ0) is 17.9. The average Bonchev–Trinajstić information content (AvgIpc) is 2.59. The first-order chi connectivity index (χ1) is 11.3. The second-order valence-corrected chi connectivity index (χ2v) is 7.12. The van der Waals surface area contributed by atoms with Gasteiger partial charge in [0.05, 0.1) is 35.0 Å². The van der Waals surface area contributed by atoms with Crippen molar-refractivity contribution in [2.24, 2.45) is 0 Å². The Morgan fingerprint density at radius 1 is 1.25 bits per heavy atom. The second kappa shape index (κ2) is 6.91. The molecule has 24 heavy (non-hydrogen) atoms. The van der Waals surface area contributed by atoms with Crippen LogP contribution in [0.1, 0.15) is 15.9 Å². The number of hydrogen-bond donors (Lipinski definition) is 0. The van der Waals surface area contributed by atoms with Gasteiger partial charge >= 0.3 is 5.97 Å². The van der Waals surface area contributed by atoms with E-state index in [2.05, 4.69) is 4.74 Å². The molecule has 0 atom stereocenters. The van der Waals surface area contributed by atoms with Crippen LogP contribution < -0.4 is 4.31 Å². The summed E-state index contributed by atoms with van der Waals surface area (Å²) >= 11 is 6.04. The lowest BCUT2D eigenvalue weighted by atomic mass is 10.2. The molecule has 0 saturated heterocycles. The molecule has 0 unspecified atom stereocenters. The maximum absolute atomic E-state index is 12.7. The van der Waals surface area contributed by atoms with E-state index in [1.807, 2.05) is 6.07 Å². The smallest absolute Gasteiger partial charge is 0.337 e. The summed E-state index contributed by atoms with van der Waals surface area (Å²) in [5.74, 6) is -0.615. The van der Waals surface area contributed by atoms with Crippen molar-refractivity contribution in [1.29, 1.82) is 5.26 Å². The number of benzene rings is 2. The van der Waals surface area contributed by atoms with Gasteiger partial charge in [0, 0.05) is 7.05 Å². The van der Waals surface area contributed by atoms with E-state index < -0.39 is 16.0 Å². The molecule has 8 heteroatoms. The van der Waals surface area contributed by atoms with Crippen LogP contribution in [0.5, 0.6) is 0 Å². The molecular weight excluding hydrogens is 352 g/mol. The second-order valence-electron chi connectivity index (χ2n) is 4.77. The summed E-state index contributed by atoms with van der Waals surface area (Å²) in [5, 5.41) is 8.83. The van der Waals surface area contributed by atoms with Crippen molar-refractivity contribution in [3.63, 3.8) is 0 Å². The summed E-state index contributed by atoms with van der Waals surface area (Å²) in [6.07, 6.45) is 0. The summed E-state index contributed by atoms with van der Waals surface area (Å²) in [5.41, 5.74) is 0.805. The molecule has 0 amide bonds. The van der Waals surface area contributed by atoms with Crippen LogP contribution in [0.25, 0.3) is 0 Å². The van der Waals surface area contributed by atoms with Crippen molar-refractivity contribution in [2.45, 2.75) is 4.90 Å². The topological polar surface area (TPSA) is 87.5 Å². The molecule has 0 fully saturated rings. The third-order valence-electron chi connectivity index (χ3n) is 3.33. The molecule has 2 rings (SSSR count). The van der Waals surface area contributed by atoms with Gasteiger partial charge in [-0.05, 0) is 36.4 Å². The molecule has 0 aliphatic heterocycles. The summed E-state index contributed by atoms with van der Waals surface area (Å²) in [4.78, 5) is 11.3. The lowest BCUT2D eigenvalue weighted by Gasteiger charge is -2.20. The molecule has 0 aliphatic carbocycles. The van der Waals surface area contributed by atoms with Gasteiger partial charge in [-0.2, -0.15) is 5.26 Å². The van der Waals surface area contributed by atoms with Crippen molar-refractivity contribution in [1.82, 2.24) is 0 Å². The van der Waals surface area contributed by atoms with Crippen LogP contribution >= 0.6 is 11.6 Å². The fourth-order valence-electron chi connectivity index (χ4n) is 2.01. The number of carbonyl (C=O) groups excluding carboxylic acids is 1. The van der Waals surface area contributed by atoms with Crippen LogP contribution in [0.3, 0.4) is 0 Å². The number of methoxy groups -OCH3 is 1. The van der Waals surface area contributed by atoms with Gasteiger partial charge in [0.25, 0.3) is 10.0 Å². The van der Waals surface area contributed by atoms with E-state index in [0.717, 1.165) is 4.31 Å². The number of anilines is 1. The van der Waals surface area contributed by atoms with Crippen LogP contribution in [-0.4, -0.2) is 28.5 Å². The Morgan fingerprint density at radius 3 is 2.54 bits per heavy atom. The number of sulfonamides is 1. The molecule has 6 nitrogen and oxygen atoms in total. The predicted octanol–water partition coefficient (Wildman–Crippen LogP) is 2.82. The van der Waals surface area contributed by atoms with Crippen LogP contribution in [-0.2, 0) is 14.8 Å². The van der Waals surface area contributed by atoms with E-state index in [9.17, 15) is 13.2 Å². The van der Waals surface area contributed by atoms with Crippen LogP contribution in [0.2, 0.25) is 5.02 Å². The molecule has 0 N–H and O–H groups in total.